The Bertz CT molecular complexity index is 628. The lowest BCUT2D eigenvalue weighted by atomic mass is 9.94. The first-order chi connectivity index (χ1) is 10.2. The van der Waals surface area contributed by atoms with E-state index in [-0.39, 0.29) is 0 Å². The summed E-state index contributed by atoms with van der Waals surface area (Å²) in [5.74, 6) is 1.10. The van der Waals surface area contributed by atoms with Gasteiger partial charge in [-0.2, -0.15) is 0 Å². The van der Waals surface area contributed by atoms with E-state index in [4.69, 9.17) is 4.74 Å². The standard InChI is InChI=1S/C19H23NO/c1-13-9-14(2)11-15(10-13)12-18(20-3)17-6-4-5-16-7-8-21-19(16)17/h4-6,9-11,18,20H,7-8,12H2,1-3H3. The number of benzene rings is 2. The predicted molar refractivity (Wildman–Crippen MR) is 87.1 cm³/mol. The summed E-state index contributed by atoms with van der Waals surface area (Å²) in [6.45, 7) is 5.13. The molecule has 1 aliphatic heterocycles. The van der Waals surface area contributed by atoms with Crippen molar-refractivity contribution in [3.05, 3.63) is 64.2 Å². The number of para-hydroxylation sites is 1. The number of hydrogen-bond donors (Lipinski definition) is 1. The summed E-state index contributed by atoms with van der Waals surface area (Å²) in [5, 5.41) is 3.46. The minimum Gasteiger partial charge on any atom is -0.493 e. The van der Waals surface area contributed by atoms with Gasteiger partial charge in [0, 0.05) is 18.0 Å². The van der Waals surface area contributed by atoms with Gasteiger partial charge in [-0.3, -0.25) is 0 Å². The fraction of sp³-hybridized carbons (Fsp3) is 0.368. The van der Waals surface area contributed by atoms with Gasteiger partial charge in [0.05, 0.1) is 6.61 Å². The van der Waals surface area contributed by atoms with E-state index in [0.717, 1.165) is 25.2 Å². The van der Waals surface area contributed by atoms with Gasteiger partial charge in [0.1, 0.15) is 5.75 Å². The van der Waals surface area contributed by atoms with Gasteiger partial charge >= 0.3 is 0 Å². The van der Waals surface area contributed by atoms with Crippen LogP contribution in [0.2, 0.25) is 0 Å². The van der Waals surface area contributed by atoms with E-state index in [0.29, 0.717) is 6.04 Å². The number of ether oxygens (including phenoxy) is 1. The van der Waals surface area contributed by atoms with Crippen molar-refractivity contribution in [2.24, 2.45) is 0 Å². The number of fused-ring (bicyclic) bond motifs is 1. The van der Waals surface area contributed by atoms with E-state index in [1.165, 1.54) is 27.8 Å². The van der Waals surface area contributed by atoms with E-state index in [9.17, 15) is 0 Å². The van der Waals surface area contributed by atoms with Crippen LogP contribution in [0.25, 0.3) is 0 Å². The van der Waals surface area contributed by atoms with Crippen LogP contribution < -0.4 is 10.1 Å². The van der Waals surface area contributed by atoms with Crippen LogP contribution in [0.1, 0.15) is 33.9 Å². The summed E-state index contributed by atoms with van der Waals surface area (Å²) in [7, 11) is 2.03. The Kier molecular flexibility index (Phi) is 3.98. The van der Waals surface area contributed by atoms with Gasteiger partial charge in [0.25, 0.3) is 0 Å². The summed E-state index contributed by atoms with van der Waals surface area (Å²) >= 11 is 0. The molecule has 0 radical (unpaired) electrons. The third-order valence-electron chi connectivity index (χ3n) is 4.19. The first-order valence-electron chi connectivity index (χ1n) is 7.66. The highest BCUT2D eigenvalue weighted by Gasteiger charge is 2.21. The van der Waals surface area contributed by atoms with E-state index in [1.54, 1.807) is 0 Å². The van der Waals surface area contributed by atoms with Crippen molar-refractivity contribution in [1.82, 2.24) is 5.32 Å². The molecule has 1 unspecified atom stereocenters. The first-order valence-corrected chi connectivity index (χ1v) is 7.66. The Morgan fingerprint density at radius 3 is 2.62 bits per heavy atom. The van der Waals surface area contributed by atoms with Crippen LogP contribution in [-0.4, -0.2) is 13.7 Å². The summed E-state index contributed by atoms with van der Waals surface area (Å²) in [5.41, 5.74) is 6.66. The van der Waals surface area contributed by atoms with Crippen molar-refractivity contribution in [2.75, 3.05) is 13.7 Å². The maximum atomic E-state index is 5.86. The zero-order valence-corrected chi connectivity index (χ0v) is 13.1. The lowest BCUT2D eigenvalue weighted by Gasteiger charge is -2.20. The van der Waals surface area contributed by atoms with E-state index >= 15 is 0 Å². The Labute approximate surface area is 127 Å². The minimum absolute atomic E-state index is 0.291. The molecule has 0 bridgehead atoms. The van der Waals surface area contributed by atoms with Crippen molar-refractivity contribution in [2.45, 2.75) is 32.7 Å². The number of nitrogens with one attached hydrogen (secondary N) is 1. The molecule has 0 amide bonds. The lowest BCUT2D eigenvalue weighted by Crippen LogP contribution is -2.19. The Hall–Kier alpha value is -1.80. The molecule has 2 aromatic rings. The molecule has 2 nitrogen and oxygen atoms in total. The van der Waals surface area contributed by atoms with Crippen LogP contribution in [0.15, 0.2) is 36.4 Å². The molecule has 2 heteroatoms. The molecule has 0 saturated heterocycles. The molecule has 0 aliphatic carbocycles. The molecule has 2 aromatic carbocycles. The molecule has 3 rings (SSSR count). The van der Waals surface area contributed by atoms with Crippen molar-refractivity contribution in [3.63, 3.8) is 0 Å². The number of rotatable bonds is 4. The van der Waals surface area contributed by atoms with Crippen LogP contribution in [0.4, 0.5) is 0 Å². The molecule has 1 aliphatic rings. The Balaban J connectivity index is 1.91. The predicted octanol–water partition coefficient (Wildman–Crippen LogP) is 3.74. The fourth-order valence-corrected chi connectivity index (χ4v) is 3.31. The van der Waals surface area contributed by atoms with Crippen LogP contribution in [0.5, 0.6) is 5.75 Å². The maximum Gasteiger partial charge on any atom is 0.127 e. The number of likely N-dealkylation sites (N-methyl/N-ethyl adjacent to an activating group) is 1. The van der Waals surface area contributed by atoms with Gasteiger partial charge in [-0.25, -0.2) is 0 Å². The molecular weight excluding hydrogens is 258 g/mol. The molecule has 0 saturated carbocycles. The molecule has 1 N–H and O–H groups in total. The monoisotopic (exact) mass is 281 g/mol. The normalized spacial score (nSPS) is 14.6. The zero-order chi connectivity index (χ0) is 14.8. The number of hydrogen-bond acceptors (Lipinski definition) is 2. The smallest absolute Gasteiger partial charge is 0.127 e. The highest BCUT2D eigenvalue weighted by Crippen LogP contribution is 2.34. The van der Waals surface area contributed by atoms with Gasteiger partial charge in [-0.15, -0.1) is 0 Å². The first kappa shape index (κ1) is 14.2. The maximum absolute atomic E-state index is 5.86. The topological polar surface area (TPSA) is 21.3 Å². The minimum atomic E-state index is 0.291. The average molecular weight is 281 g/mol. The summed E-state index contributed by atoms with van der Waals surface area (Å²) in [6.07, 6.45) is 2.02. The molecule has 0 fully saturated rings. The lowest BCUT2D eigenvalue weighted by molar-refractivity contribution is 0.349. The average Bonchev–Trinajstić information content (AvgIpc) is 2.92. The van der Waals surface area contributed by atoms with Crippen LogP contribution in [0, 0.1) is 13.8 Å². The SMILES string of the molecule is CNC(Cc1cc(C)cc(C)c1)c1cccc2c1OCC2. The fourth-order valence-electron chi connectivity index (χ4n) is 3.31. The van der Waals surface area contributed by atoms with Gasteiger partial charge in [0.2, 0.25) is 0 Å². The van der Waals surface area contributed by atoms with E-state index in [1.807, 2.05) is 7.05 Å². The largest absolute Gasteiger partial charge is 0.493 e. The highest BCUT2D eigenvalue weighted by molar-refractivity contribution is 5.46. The van der Waals surface area contributed by atoms with Crippen molar-refractivity contribution >= 4 is 0 Å². The summed E-state index contributed by atoms with van der Waals surface area (Å²) in [6, 6.07) is 13.6. The van der Waals surface area contributed by atoms with Crippen molar-refractivity contribution in [1.29, 1.82) is 0 Å². The van der Waals surface area contributed by atoms with E-state index in [2.05, 4.69) is 55.6 Å². The Morgan fingerprint density at radius 1 is 1.14 bits per heavy atom. The summed E-state index contributed by atoms with van der Waals surface area (Å²) in [4.78, 5) is 0. The molecule has 21 heavy (non-hydrogen) atoms. The third kappa shape index (κ3) is 2.96. The van der Waals surface area contributed by atoms with Gasteiger partial charge < -0.3 is 10.1 Å². The second kappa shape index (κ2) is 5.90. The molecular formula is C19H23NO. The number of aryl methyl sites for hydroxylation is 2. The van der Waals surface area contributed by atoms with Crippen LogP contribution in [0.3, 0.4) is 0 Å². The molecule has 1 heterocycles. The zero-order valence-electron chi connectivity index (χ0n) is 13.1. The van der Waals surface area contributed by atoms with Crippen molar-refractivity contribution in [3.8, 4) is 5.75 Å². The molecule has 110 valence electrons. The van der Waals surface area contributed by atoms with Gasteiger partial charge in [-0.05, 0) is 38.4 Å². The quantitative estimate of drug-likeness (QED) is 0.921. The van der Waals surface area contributed by atoms with E-state index < -0.39 is 0 Å². The van der Waals surface area contributed by atoms with Gasteiger partial charge in [0.15, 0.2) is 0 Å². The van der Waals surface area contributed by atoms with Crippen molar-refractivity contribution < 1.29 is 4.74 Å². The second-order valence-electron chi connectivity index (χ2n) is 5.98. The van der Waals surface area contributed by atoms with Gasteiger partial charge in [-0.1, -0.05) is 47.5 Å². The van der Waals surface area contributed by atoms with Crippen LogP contribution in [-0.2, 0) is 12.8 Å². The highest BCUT2D eigenvalue weighted by atomic mass is 16.5. The Morgan fingerprint density at radius 2 is 1.90 bits per heavy atom. The second-order valence-corrected chi connectivity index (χ2v) is 5.98. The third-order valence-corrected chi connectivity index (χ3v) is 4.19. The summed E-state index contributed by atoms with van der Waals surface area (Å²) < 4.78 is 5.86. The van der Waals surface area contributed by atoms with Crippen LogP contribution >= 0.6 is 0 Å². The molecule has 1 atom stereocenters. The molecule has 0 aromatic heterocycles. The molecule has 0 spiro atoms.